The fourth-order valence-electron chi connectivity index (χ4n) is 5.31. The Kier molecular flexibility index (Phi) is 6.00. The van der Waals surface area contributed by atoms with Gasteiger partial charge in [0.15, 0.2) is 5.82 Å². The number of benzene rings is 1. The Balaban J connectivity index is 1.14. The minimum Gasteiger partial charge on any atom is -0.339 e. The van der Waals surface area contributed by atoms with Crippen LogP contribution in [0.5, 0.6) is 0 Å². The fourth-order valence-corrected chi connectivity index (χ4v) is 5.31. The molecule has 0 bridgehead atoms. The summed E-state index contributed by atoms with van der Waals surface area (Å²) in [5, 5.41) is 4.18. The molecule has 1 saturated heterocycles. The molecule has 2 amide bonds. The van der Waals surface area contributed by atoms with E-state index in [9.17, 15) is 9.59 Å². The lowest BCUT2D eigenvalue weighted by molar-refractivity contribution is 0.0702. The van der Waals surface area contributed by atoms with Gasteiger partial charge in [0.05, 0.1) is 16.8 Å². The smallest absolute Gasteiger partial charge is 0.256 e. The van der Waals surface area contributed by atoms with Gasteiger partial charge in [-0.3, -0.25) is 14.6 Å². The molecule has 8 nitrogen and oxygen atoms in total. The molecule has 3 aromatic heterocycles. The van der Waals surface area contributed by atoms with E-state index in [1.165, 1.54) is 11.1 Å². The van der Waals surface area contributed by atoms with E-state index in [1.807, 2.05) is 53.3 Å². The van der Waals surface area contributed by atoms with Crippen molar-refractivity contribution in [3.63, 3.8) is 0 Å². The SMILES string of the molecule is Cc1ccc(C(=O)N2Cc3ccccc3C2)c(C2CCN(C(=O)c3ccc(-n4cccn4)nc3)CC2)n1. The number of aryl methyl sites for hydroxylation is 1. The van der Waals surface area contributed by atoms with Gasteiger partial charge in [0, 0.05) is 56.4 Å². The van der Waals surface area contributed by atoms with Crippen LogP contribution in [-0.2, 0) is 13.1 Å². The number of likely N-dealkylation sites (tertiary alicyclic amines) is 1. The molecule has 37 heavy (non-hydrogen) atoms. The van der Waals surface area contributed by atoms with Crippen molar-refractivity contribution in [3.05, 3.63) is 107 Å². The number of hydrogen-bond acceptors (Lipinski definition) is 5. The first-order chi connectivity index (χ1) is 18.1. The Hall–Kier alpha value is -4.33. The number of aromatic nitrogens is 4. The Morgan fingerprint density at radius 1 is 0.865 bits per heavy atom. The maximum atomic E-state index is 13.6. The van der Waals surface area contributed by atoms with Crippen LogP contribution in [0.25, 0.3) is 5.82 Å². The number of nitrogens with zero attached hydrogens (tertiary/aromatic N) is 6. The monoisotopic (exact) mass is 492 g/mol. The van der Waals surface area contributed by atoms with Crippen molar-refractivity contribution in [2.45, 2.75) is 38.8 Å². The zero-order valence-electron chi connectivity index (χ0n) is 20.7. The third-order valence-electron chi connectivity index (χ3n) is 7.33. The Morgan fingerprint density at radius 3 is 2.27 bits per heavy atom. The van der Waals surface area contributed by atoms with E-state index in [0.717, 1.165) is 24.2 Å². The number of carbonyl (C=O) groups is 2. The second kappa shape index (κ2) is 9.61. The van der Waals surface area contributed by atoms with Crippen LogP contribution in [0.1, 0.15) is 62.0 Å². The third-order valence-corrected chi connectivity index (χ3v) is 7.33. The van der Waals surface area contributed by atoms with Crippen LogP contribution >= 0.6 is 0 Å². The van der Waals surface area contributed by atoms with Crippen LogP contribution in [0.3, 0.4) is 0 Å². The molecule has 0 unspecified atom stereocenters. The summed E-state index contributed by atoms with van der Waals surface area (Å²) in [4.78, 5) is 39.7. The van der Waals surface area contributed by atoms with Gasteiger partial charge in [-0.05, 0) is 61.2 Å². The van der Waals surface area contributed by atoms with Gasteiger partial charge < -0.3 is 9.80 Å². The molecule has 8 heteroatoms. The number of carbonyl (C=O) groups excluding carboxylic acids is 2. The average molecular weight is 493 g/mol. The van der Waals surface area contributed by atoms with E-state index >= 15 is 0 Å². The molecule has 2 aliphatic rings. The summed E-state index contributed by atoms with van der Waals surface area (Å²) >= 11 is 0. The number of hydrogen-bond donors (Lipinski definition) is 0. The highest BCUT2D eigenvalue weighted by molar-refractivity contribution is 5.96. The van der Waals surface area contributed by atoms with Crippen molar-refractivity contribution < 1.29 is 9.59 Å². The molecule has 5 heterocycles. The van der Waals surface area contributed by atoms with Crippen molar-refractivity contribution in [1.82, 2.24) is 29.5 Å². The number of pyridine rings is 2. The molecule has 0 aliphatic carbocycles. The lowest BCUT2D eigenvalue weighted by Crippen LogP contribution is -2.38. The van der Waals surface area contributed by atoms with Gasteiger partial charge in [0.25, 0.3) is 11.8 Å². The molecule has 6 rings (SSSR count). The van der Waals surface area contributed by atoms with E-state index in [1.54, 1.807) is 29.2 Å². The standard InChI is InChI=1S/C29H28N6O2/c1-20-7-9-25(29(37)34-18-23-5-2-3-6-24(23)19-34)27(32-20)21-11-15-33(16-12-21)28(36)22-8-10-26(30-17-22)35-14-4-13-31-35/h2-10,13-14,17,21H,11-12,15-16,18-19H2,1H3. The van der Waals surface area contributed by atoms with Gasteiger partial charge in [-0.25, -0.2) is 9.67 Å². The molecular formula is C29H28N6O2. The highest BCUT2D eigenvalue weighted by atomic mass is 16.2. The summed E-state index contributed by atoms with van der Waals surface area (Å²) in [5.41, 5.74) is 5.42. The topological polar surface area (TPSA) is 84.2 Å². The normalized spacial score (nSPS) is 15.6. The van der Waals surface area contributed by atoms with Gasteiger partial charge in [-0.1, -0.05) is 24.3 Å². The van der Waals surface area contributed by atoms with E-state index in [2.05, 4.69) is 22.2 Å². The lowest BCUT2D eigenvalue weighted by Gasteiger charge is -2.32. The first-order valence-electron chi connectivity index (χ1n) is 12.7. The Morgan fingerprint density at radius 2 is 1.62 bits per heavy atom. The fraction of sp³-hybridized carbons (Fsp3) is 0.276. The second-order valence-corrected chi connectivity index (χ2v) is 9.74. The van der Waals surface area contributed by atoms with Gasteiger partial charge in [-0.2, -0.15) is 5.10 Å². The highest BCUT2D eigenvalue weighted by Crippen LogP contribution is 2.32. The molecule has 1 aromatic carbocycles. The predicted octanol–water partition coefficient (Wildman–Crippen LogP) is 4.15. The first kappa shape index (κ1) is 23.1. The van der Waals surface area contributed by atoms with Gasteiger partial charge >= 0.3 is 0 Å². The van der Waals surface area contributed by atoms with E-state index in [-0.39, 0.29) is 17.7 Å². The lowest BCUT2D eigenvalue weighted by atomic mass is 9.89. The molecule has 2 aliphatic heterocycles. The number of fused-ring (bicyclic) bond motifs is 1. The summed E-state index contributed by atoms with van der Waals surface area (Å²) < 4.78 is 1.66. The van der Waals surface area contributed by atoms with Gasteiger partial charge in [-0.15, -0.1) is 0 Å². The summed E-state index contributed by atoms with van der Waals surface area (Å²) in [6.07, 6.45) is 6.65. The van der Waals surface area contributed by atoms with Crippen LogP contribution in [0.15, 0.2) is 73.2 Å². The summed E-state index contributed by atoms with van der Waals surface area (Å²) in [7, 11) is 0. The number of piperidine rings is 1. The van der Waals surface area contributed by atoms with Crippen molar-refractivity contribution in [1.29, 1.82) is 0 Å². The average Bonchev–Trinajstić information content (AvgIpc) is 3.63. The molecule has 4 aromatic rings. The Labute approximate surface area is 215 Å². The quantitative estimate of drug-likeness (QED) is 0.427. The van der Waals surface area contributed by atoms with Crippen molar-refractivity contribution in [2.24, 2.45) is 0 Å². The zero-order valence-corrected chi connectivity index (χ0v) is 20.7. The van der Waals surface area contributed by atoms with Crippen molar-refractivity contribution in [3.8, 4) is 5.82 Å². The molecule has 0 saturated carbocycles. The maximum absolute atomic E-state index is 13.6. The minimum atomic E-state index is -0.0266. The highest BCUT2D eigenvalue weighted by Gasteiger charge is 2.31. The first-order valence-corrected chi connectivity index (χ1v) is 12.7. The van der Waals surface area contributed by atoms with Crippen LogP contribution in [0, 0.1) is 6.92 Å². The van der Waals surface area contributed by atoms with E-state index in [0.29, 0.717) is 43.1 Å². The van der Waals surface area contributed by atoms with Crippen LogP contribution in [-0.4, -0.2) is 54.5 Å². The second-order valence-electron chi connectivity index (χ2n) is 9.74. The van der Waals surface area contributed by atoms with E-state index in [4.69, 9.17) is 4.98 Å². The predicted molar refractivity (Wildman–Crippen MR) is 138 cm³/mol. The van der Waals surface area contributed by atoms with Gasteiger partial charge in [0.1, 0.15) is 0 Å². The summed E-state index contributed by atoms with van der Waals surface area (Å²) in [5.74, 6) is 0.805. The molecule has 0 atom stereocenters. The number of amides is 2. The third kappa shape index (κ3) is 4.50. The molecule has 1 fully saturated rings. The summed E-state index contributed by atoms with van der Waals surface area (Å²) in [6, 6.07) is 17.5. The van der Waals surface area contributed by atoms with Crippen molar-refractivity contribution in [2.75, 3.05) is 13.1 Å². The van der Waals surface area contributed by atoms with Crippen LogP contribution < -0.4 is 0 Å². The maximum Gasteiger partial charge on any atom is 0.256 e. The van der Waals surface area contributed by atoms with Gasteiger partial charge in [0.2, 0.25) is 0 Å². The minimum absolute atomic E-state index is 0.0266. The van der Waals surface area contributed by atoms with Crippen LogP contribution in [0.4, 0.5) is 0 Å². The Bertz CT molecular complexity index is 1410. The molecule has 186 valence electrons. The zero-order chi connectivity index (χ0) is 25.4. The largest absolute Gasteiger partial charge is 0.339 e. The van der Waals surface area contributed by atoms with E-state index < -0.39 is 0 Å². The van der Waals surface area contributed by atoms with Crippen molar-refractivity contribution >= 4 is 11.8 Å². The summed E-state index contributed by atoms with van der Waals surface area (Å²) in [6.45, 7) is 4.44. The molecular weight excluding hydrogens is 464 g/mol. The molecule has 0 N–H and O–H groups in total. The molecule has 0 spiro atoms. The molecule has 0 radical (unpaired) electrons. The van der Waals surface area contributed by atoms with Crippen LogP contribution in [0.2, 0.25) is 0 Å². The number of rotatable bonds is 4.